The first-order valence-electron chi connectivity index (χ1n) is 6.74. The number of H-pyrrole nitrogens is 1. The number of amides is 1. The fourth-order valence-corrected chi connectivity index (χ4v) is 2.92. The Kier molecular flexibility index (Phi) is 3.99. The molecule has 5 heteroatoms. The fourth-order valence-electron chi connectivity index (χ4n) is 2.92. The number of hydrogen-bond donors (Lipinski definition) is 2. The molecule has 5 nitrogen and oxygen atoms in total. The second kappa shape index (κ2) is 5.50. The van der Waals surface area contributed by atoms with Crippen molar-refractivity contribution in [2.45, 2.75) is 46.1 Å². The Morgan fingerprint density at radius 2 is 2.28 bits per heavy atom. The molecule has 1 amide bonds. The van der Waals surface area contributed by atoms with Gasteiger partial charge in [-0.1, -0.05) is 27.2 Å². The van der Waals surface area contributed by atoms with E-state index >= 15 is 0 Å². The third-order valence-electron chi connectivity index (χ3n) is 3.97. The zero-order valence-electron chi connectivity index (χ0n) is 11.3. The van der Waals surface area contributed by atoms with E-state index in [4.69, 9.17) is 0 Å². The summed E-state index contributed by atoms with van der Waals surface area (Å²) in [5.41, 5.74) is 0. The molecule has 1 heterocycles. The van der Waals surface area contributed by atoms with Gasteiger partial charge in [0.15, 0.2) is 0 Å². The summed E-state index contributed by atoms with van der Waals surface area (Å²) < 4.78 is 0. The molecule has 0 bridgehead atoms. The van der Waals surface area contributed by atoms with Gasteiger partial charge in [0.25, 0.3) is 5.91 Å². The van der Waals surface area contributed by atoms with Crippen LogP contribution in [0.15, 0.2) is 6.33 Å². The average molecular weight is 250 g/mol. The predicted molar refractivity (Wildman–Crippen MR) is 69.0 cm³/mol. The van der Waals surface area contributed by atoms with Crippen molar-refractivity contribution >= 4 is 5.91 Å². The lowest BCUT2D eigenvalue weighted by molar-refractivity contribution is 0.0858. The van der Waals surface area contributed by atoms with Gasteiger partial charge >= 0.3 is 0 Å². The van der Waals surface area contributed by atoms with Crippen molar-refractivity contribution in [1.29, 1.82) is 0 Å². The monoisotopic (exact) mass is 250 g/mol. The lowest BCUT2D eigenvalue weighted by Crippen LogP contribution is -2.45. The number of rotatable bonds is 3. The average Bonchev–Trinajstić information content (AvgIpc) is 2.81. The number of aromatic nitrogens is 3. The summed E-state index contributed by atoms with van der Waals surface area (Å²) in [5.74, 6) is 2.00. The SMILES string of the molecule is CC1CCC(C(C)C)C(NC(=O)c2ncn[nH]2)C1. The predicted octanol–water partition coefficient (Wildman–Crippen LogP) is 2.00. The second-order valence-corrected chi connectivity index (χ2v) is 5.74. The number of carbonyl (C=O) groups is 1. The van der Waals surface area contributed by atoms with Gasteiger partial charge in [-0.25, -0.2) is 4.98 Å². The van der Waals surface area contributed by atoms with Crippen LogP contribution in [0.4, 0.5) is 0 Å². The van der Waals surface area contributed by atoms with Gasteiger partial charge in [0.2, 0.25) is 5.82 Å². The van der Waals surface area contributed by atoms with E-state index in [0.29, 0.717) is 23.6 Å². The first kappa shape index (κ1) is 13.1. The molecule has 0 saturated heterocycles. The van der Waals surface area contributed by atoms with E-state index in [0.717, 1.165) is 6.42 Å². The Hall–Kier alpha value is -1.39. The molecule has 0 aromatic carbocycles. The van der Waals surface area contributed by atoms with Crippen LogP contribution in [-0.2, 0) is 0 Å². The van der Waals surface area contributed by atoms with Crippen LogP contribution in [0, 0.1) is 17.8 Å². The summed E-state index contributed by atoms with van der Waals surface area (Å²) in [6, 6.07) is 0.256. The van der Waals surface area contributed by atoms with Crippen LogP contribution in [0.2, 0.25) is 0 Å². The lowest BCUT2D eigenvalue weighted by atomic mass is 9.74. The van der Waals surface area contributed by atoms with Gasteiger partial charge in [-0.3, -0.25) is 9.89 Å². The van der Waals surface area contributed by atoms with E-state index in [9.17, 15) is 4.79 Å². The van der Waals surface area contributed by atoms with Crippen molar-refractivity contribution in [2.24, 2.45) is 17.8 Å². The number of carbonyl (C=O) groups excluding carboxylic acids is 1. The summed E-state index contributed by atoms with van der Waals surface area (Å²) in [5, 5.41) is 9.43. The van der Waals surface area contributed by atoms with Crippen LogP contribution < -0.4 is 5.32 Å². The van der Waals surface area contributed by atoms with Crippen molar-refractivity contribution in [2.75, 3.05) is 0 Å². The molecule has 3 atom stereocenters. The number of nitrogens with zero attached hydrogens (tertiary/aromatic N) is 2. The Labute approximate surface area is 108 Å². The molecule has 1 aromatic heterocycles. The maximum Gasteiger partial charge on any atom is 0.288 e. The molecular weight excluding hydrogens is 228 g/mol. The molecule has 3 unspecified atom stereocenters. The minimum absolute atomic E-state index is 0.141. The maximum atomic E-state index is 12.0. The molecule has 0 spiro atoms. The first-order chi connectivity index (χ1) is 8.58. The van der Waals surface area contributed by atoms with Gasteiger partial charge in [0, 0.05) is 6.04 Å². The van der Waals surface area contributed by atoms with Crippen LogP contribution in [-0.4, -0.2) is 27.1 Å². The van der Waals surface area contributed by atoms with E-state index in [1.54, 1.807) is 0 Å². The topological polar surface area (TPSA) is 70.7 Å². The van der Waals surface area contributed by atoms with Gasteiger partial charge in [0.1, 0.15) is 6.33 Å². The van der Waals surface area contributed by atoms with Crippen LogP contribution in [0.25, 0.3) is 0 Å². The van der Waals surface area contributed by atoms with Crippen LogP contribution in [0.5, 0.6) is 0 Å². The normalized spacial score (nSPS) is 28.3. The van der Waals surface area contributed by atoms with Gasteiger partial charge in [-0.15, -0.1) is 0 Å². The van der Waals surface area contributed by atoms with E-state index in [1.165, 1.54) is 19.2 Å². The van der Waals surface area contributed by atoms with Crippen LogP contribution in [0.3, 0.4) is 0 Å². The summed E-state index contributed by atoms with van der Waals surface area (Å²) in [4.78, 5) is 15.9. The smallest absolute Gasteiger partial charge is 0.288 e. The fraction of sp³-hybridized carbons (Fsp3) is 0.769. The molecule has 2 N–H and O–H groups in total. The van der Waals surface area contributed by atoms with Gasteiger partial charge < -0.3 is 5.32 Å². The zero-order valence-corrected chi connectivity index (χ0v) is 11.3. The third kappa shape index (κ3) is 2.89. The molecule has 1 saturated carbocycles. The number of nitrogens with one attached hydrogen (secondary N) is 2. The molecular formula is C13H22N4O. The van der Waals surface area contributed by atoms with E-state index in [1.807, 2.05) is 0 Å². The lowest BCUT2D eigenvalue weighted by Gasteiger charge is -2.37. The number of hydrogen-bond acceptors (Lipinski definition) is 3. The highest BCUT2D eigenvalue weighted by molar-refractivity contribution is 5.90. The highest BCUT2D eigenvalue weighted by atomic mass is 16.2. The van der Waals surface area contributed by atoms with Gasteiger partial charge in [-0.2, -0.15) is 5.10 Å². The van der Waals surface area contributed by atoms with Crippen molar-refractivity contribution in [3.8, 4) is 0 Å². The molecule has 1 aliphatic rings. The first-order valence-corrected chi connectivity index (χ1v) is 6.74. The second-order valence-electron chi connectivity index (χ2n) is 5.74. The number of aromatic amines is 1. The van der Waals surface area contributed by atoms with Crippen LogP contribution >= 0.6 is 0 Å². The van der Waals surface area contributed by atoms with Crippen molar-refractivity contribution in [3.63, 3.8) is 0 Å². The minimum atomic E-state index is -0.141. The highest BCUT2D eigenvalue weighted by Crippen LogP contribution is 2.33. The molecule has 1 fully saturated rings. The Balaban J connectivity index is 2.02. The molecule has 2 rings (SSSR count). The van der Waals surface area contributed by atoms with E-state index < -0.39 is 0 Å². The molecule has 0 radical (unpaired) electrons. The van der Waals surface area contributed by atoms with Crippen molar-refractivity contribution in [3.05, 3.63) is 12.2 Å². The highest BCUT2D eigenvalue weighted by Gasteiger charge is 2.32. The maximum absolute atomic E-state index is 12.0. The Morgan fingerprint density at radius 1 is 1.50 bits per heavy atom. The molecule has 18 heavy (non-hydrogen) atoms. The van der Waals surface area contributed by atoms with E-state index in [2.05, 4.69) is 41.3 Å². The van der Waals surface area contributed by atoms with Gasteiger partial charge in [0.05, 0.1) is 0 Å². The molecule has 100 valence electrons. The van der Waals surface area contributed by atoms with Crippen molar-refractivity contribution in [1.82, 2.24) is 20.5 Å². The Bertz CT molecular complexity index is 388. The molecule has 1 aliphatic carbocycles. The standard InChI is InChI=1S/C13H22N4O/c1-8(2)10-5-4-9(3)6-11(10)16-13(18)12-14-7-15-17-12/h7-11H,4-6H2,1-3H3,(H,16,18)(H,14,15,17). The minimum Gasteiger partial charge on any atom is -0.346 e. The quantitative estimate of drug-likeness (QED) is 0.862. The zero-order chi connectivity index (χ0) is 13.1. The van der Waals surface area contributed by atoms with Gasteiger partial charge in [-0.05, 0) is 30.6 Å². The molecule has 0 aliphatic heterocycles. The third-order valence-corrected chi connectivity index (χ3v) is 3.97. The summed E-state index contributed by atoms with van der Waals surface area (Å²) >= 11 is 0. The Morgan fingerprint density at radius 3 is 2.89 bits per heavy atom. The summed E-state index contributed by atoms with van der Waals surface area (Å²) in [7, 11) is 0. The van der Waals surface area contributed by atoms with Crippen LogP contribution in [0.1, 0.15) is 50.7 Å². The molecule has 1 aromatic rings. The summed E-state index contributed by atoms with van der Waals surface area (Å²) in [6.07, 6.45) is 4.87. The largest absolute Gasteiger partial charge is 0.346 e. The van der Waals surface area contributed by atoms with Crippen molar-refractivity contribution < 1.29 is 4.79 Å². The summed E-state index contributed by atoms with van der Waals surface area (Å²) in [6.45, 7) is 6.71. The van der Waals surface area contributed by atoms with E-state index in [-0.39, 0.29) is 11.9 Å².